The number of carbonyl (C=O) groups is 1. The first-order chi connectivity index (χ1) is 12.8. The molecule has 0 unspecified atom stereocenters. The van der Waals surface area contributed by atoms with Gasteiger partial charge in [0.05, 0.1) is 16.8 Å². The summed E-state index contributed by atoms with van der Waals surface area (Å²) in [5.74, 6) is -1.74. The molecule has 0 fully saturated rings. The van der Waals surface area contributed by atoms with Gasteiger partial charge in [0.2, 0.25) is 10.0 Å². The first-order valence-corrected chi connectivity index (χ1v) is 9.33. The van der Waals surface area contributed by atoms with Crippen LogP contribution < -0.4 is 15.5 Å². The Kier molecular flexibility index (Phi) is 6.93. The number of carboxylic acids is 1. The first kappa shape index (κ1) is 20.4. The zero-order chi connectivity index (χ0) is 19.9. The third kappa shape index (κ3) is 6.40. The lowest BCUT2D eigenvalue weighted by Gasteiger charge is -2.07. The minimum Gasteiger partial charge on any atom is -0.480 e. The molecule has 0 aliphatic heterocycles. The van der Waals surface area contributed by atoms with Gasteiger partial charge in [-0.15, -0.1) is 0 Å². The molecule has 0 saturated carbocycles. The van der Waals surface area contributed by atoms with E-state index in [1.807, 2.05) is 4.72 Å². The normalized spacial score (nSPS) is 11.3. The molecule has 2 aromatic carbocycles. The van der Waals surface area contributed by atoms with Crippen molar-refractivity contribution in [2.24, 2.45) is 5.10 Å². The Balaban J connectivity index is 1.93. The number of aliphatic carboxylic acids is 1. The fraction of sp³-hybridized carbons (Fsp3) is 0.0625. The Hall–Kier alpha value is -2.89. The third-order valence-electron chi connectivity index (χ3n) is 3.11. The van der Waals surface area contributed by atoms with Crippen LogP contribution >= 0.6 is 12.2 Å². The Bertz CT molecular complexity index is 963. The van der Waals surface area contributed by atoms with Crippen LogP contribution in [-0.2, 0) is 14.8 Å². The Morgan fingerprint density at radius 1 is 1.19 bits per heavy atom. The van der Waals surface area contributed by atoms with Crippen LogP contribution in [0.1, 0.15) is 5.56 Å². The van der Waals surface area contributed by atoms with Gasteiger partial charge in [-0.2, -0.15) is 9.82 Å². The van der Waals surface area contributed by atoms with Crippen LogP contribution in [0.2, 0.25) is 0 Å². The van der Waals surface area contributed by atoms with Crippen molar-refractivity contribution < 1.29 is 22.7 Å². The number of nitrogens with zero attached hydrogens (tertiary/aromatic N) is 1. The highest BCUT2D eigenvalue weighted by molar-refractivity contribution is 7.89. The smallest absolute Gasteiger partial charge is 0.318 e. The van der Waals surface area contributed by atoms with Gasteiger partial charge < -0.3 is 10.4 Å². The lowest BCUT2D eigenvalue weighted by Crippen LogP contribution is -2.29. The highest BCUT2D eigenvalue weighted by atomic mass is 32.2. The van der Waals surface area contributed by atoms with E-state index in [0.29, 0.717) is 5.56 Å². The van der Waals surface area contributed by atoms with E-state index in [-0.39, 0.29) is 15.7 Å². The molecule has 4 N–H and O–H groups in total. The summed E-state index contributed by atoms with van der Waals surface area (Å²) in [6.07, 6.45) is 1.39. The molecule has 0 amide bonds. The molecule has 27 heavy (non-hydrogen) atoms. The molecule has 0 spiro atoms. The van der Waals surface area contributed by atoms with Crippen molar-refractivity contribution in [1.29, 1.82) is 0 Å². The Morgan fingerprint density at radius 2 is 1.85 bits per heavy atom. The van der Waals surface area contributed by atoms with Crippen LogP contribution in [0.3, 0.4) is 0 Å². The van der Waals surface area contributed by atoms with Crippen LogP contribution in [0.15, 0.2) is 58.5 Å². The van der Waals surface area contributed by atoms with Gasteiger partial charge in [0.15, 0.2) is 5.11 Å². The third-order valence-corrected chi connectivity index (χ3v) is 4.72. The van der Waals surface area contributed by atoms with E-state index >= 15 is 0 Å². The SMILES string of the molecule is O=C(O)CNS(=O)(=O)c1ccc(/C=N/NC(=S)Nc2ccccc2F)cc1. The number of hydrogen-bond donors (Lipinski definition) is 4. The summed E-state index contributed by atoms with van der Waals surface area (Å²) in [5, 5.41) is 15.1. The minimum atomic E-state index is -3.90. The van der Waals surface area contributed by atoms with Crippen molar-refractivity contribution in [3.05, 3.63) is 59.9 Å². The molecule has 0 aliphatic carbocycles. The monoisotopic (exact) mass is 410 g/mol. The lowest BCUT2D eigenvalue weighted by molar-refractivity contribution is -0.135. The minimum absolute atomic E-state index is 0.0772. The molecule has 11 heteroatoms. The number of carboxylic acid groups (broad SMARTS) is 1. The second kappa shape index (κ2) is 9.16. The molecule has 2 aromatic rings. The second-order valence-corrected chi connectivity index (χ2v) is 7.27. The highest BCUT2D eigenvalue weighted by Gasteiger charge is 2.14. The van der Waals surface area contributed by atoms with Crippen LogP contribution in [0.5, 0.6) is 0 Å². The van der Waals surface area contributed by atoms with Crippen molar-refractivity contribution in [2.45, 2.75) is 4.90 Å². The number of para-hydroxylation sites is 1. The second-order valence-electron chi connectivity index (χ2n) is 5.09. The standard InChI is InChI=1S/C16H15FN4O4S2/c17-13-3-1-2-4-14(13)20-16(26)21-18-9-11-5-7-12(8-6-11)27(24,25)19-10-15(22)23/h1-9,19H,10H2,(H,22,23)(H2,20,21,26)/b18-9+. The summed E-state index contributed by atoms with van der Waals surface area (Å²) < 4.78 is 39.2. The van der Waals surface area contributed by atoms with Crippen LogP contribution in [0, 0.1) is 5.82 Å². The number of sulfonamides is 1. The Labute approximate surface area is 160 Å². The maximum atomic E-state index is 13.5. The molecule has 0 aliphatic rings. The number of hydrazone groups is 1. The van der Waals surface area contributed by atoms with Gasteiger partial charge in [0.25, 0.3) is 0 Å². The van der Waals surface area contributed by atoms with E-state index in [1.54, 1.807) is 12.1 Å². The summed E-state index contributed by atoms with van der Waals surface area (Å²) in [5.41, 5.74) is 3.28. The van der Waals surface area contributed by atoms with E-state index in [0.717, 1.165) is 0 Å². The molecule has 0 atom stereocenters. The van der Waals surface area contributed by atoms with Crippen molar-refractivity contribution in [1.82, 2.24) is 10.1 Å². The predicted octanol–water partition coefficient (Wildman–Crippen LogP) is 1.51. The van der Waals surface area contributed by atoms with E-state index in [2.05, 4.69) is 15.8 Å². The van der Waals surface area contributed by atoms with Gasteiger partial charge in [0, 0.05) is 0 Å². The summed E-state index contributed by atoms with van der Waals surface area (Å²) in [4.78, 5) is 10.4. The van der Waals surface area contributed by atoms with Gasteiger partial charge in [-0.05, 0) is 42.0 Å². The van der Waals surface area contributed by atoms with Crippen LogP contribution in [0.25, 0.3) is 0 Å². The average Bonchev–Trinajstić information content (AvgIpc) is 2.62. The van der Waals surface area contributed by atoms with Crippen LogP contribution in [-0.4, -0.2) is 37.4 Å². The van der Waals surface area contributed by atoms with E-state index in [9.17, 15) is 17.6 Å². The highest BCUT2D eigenvalue weighted by Crippen LogP contribution is 2.12. The molecule has 142 valence electrons. The first-order valence-electron chi connectivity index (χ1n) is 7.44. The van der Waals surface area contributed by atoms with Crippen molar-refractivity contribution >= 4 is 45.2 Å². The maximum Gasteiger partial charge on any atom is 0.318 e. The van der Waals surface area contributed by atoms with Crippen LogP contribution in [0.4, 0.5) is 10.1 Å². The summed E-state index contributed by atoms with van der Waals surface area (Å²) in [7, 11) is -3.90. The molecule has 2 rings (SSSR count). The molecule has 8 nitrogen and oxygen atoms in total. The number of benzene rings is 2. The maximum absolute atomic E-state index is 13.5. The number of rotatable bonds is 7. The molecule has 0 aromatic heterocycles. The summed E-state index contributed by atoms with van der Waals surface area (Å²) in [6.45, 7) is -0.706. The fourth-order valence-electron chi connectivity index (χ4n) is 1.85. The van der Waals surface area contributed by atoms with Crippen molar-refractivity contribution in [2.75, 3.05) is 11.9 Å². The molecule has 0 heterocycles. The molecule has 0 bridgehead atoms. The van der Waals surface area contributed by atoms with E-state index < -0.39 is 28.4 Å². The number of thiocarbonyl (C=S) groups is 1. The predicted molar refractivity (Wildman–Crippen MR) is 103 cm³/mol. The molecular formula is C16H15FN4O4S2. The summed E-state index contributed by atoms with van der Waals surface area (Å²) in [6, 6.07) is 11.6. The topological polar surface area (TPSA) is 120 Å². The summed E-state index contributed by atoms with van der Waals surface area (Å²) >= 11 is 4.99. The van der Waals surface area contributed by atoms with Gasteiger partial charge in [-0.1, -0.05) is 24.3 Å². The van der Waals surface area contributed by atoms with E-state index in [1.165, 1.54) is 42.6 Å². The average molecular weight is 410 g/mol. The number of halogens is 1. The number of anilines is 1. The zero-order valence-corrected chi connectivity index (χ0v) is 15.3. The van der Waals surface area contributed by atoms with Crippen molar-refractivity contribution in [3.63, 3.8) is 0 Å². The quantitative estimate of drug-likeness (QED) is 0.310. The number of hydrogen-bond acceptors (Lipinski definition) is 5. The Morgan fingerprint density at radius 3 is 2.48 bits per heavy atom. The van der Waals surface area contributed by atoms with Crippen molar-refractivity contribution in [3.8, 4) is 0 Å². The van der Waals surface area contributed by atoms with Gasteiger partial charge in [-0.3, -0.25) is 10.2 Å². The largest absolute Gasteiger partial charge is 0.480 e. The molecule has 0 saturated heterocycles. The van der Waals surface area contributed by atoms with Gasteiger partial charge in [-0.25, -0.2) is 12.8 Å². The van der Waals surface area contributed by atoms with E-state index in [4.69, 9.17) is 17.3 Å². The fourth-order valence-corrected chi connectivity index (χ4v) is 2.99. The zero-order valence-electron chi connectivity index (χ0n) is 13.7. The molecular weight excluding hydrogens is 395 g/mol. The van der Waals surface area contributed by atoms with Gasteiger partial charge >= 0.3 is 5.97 Å². The lowest BCUT2D eigenvalue weighted by atomic mass is 10.2. The molecule has 0 radical (unpaired) electrons. The van der Waals surface area contributed by atoms with Gasteiger partial charge in [0.1, 0.15) is 12.4 Å². The number of nitrogens with one attached hydrogen (secondary N) is 3.